The van der Waals surface area contributed by atoms with Gasteiger partial charge in [0, 0.05) is 25.1 Å². The summed E-state index contributed by atoms with van der Waals surface area (Å²) in [4.78, 5) is 0. The van der Waals surface area contributed by atoms with E-state index in [0.29, 0.717) is 11.5 Å². The predicted octanol–water partition coefficient (Wildman–Crippen LogP) is 9.02. The lowest BCUT2D eigenvalue weighted by Crippen LogP contribution is -2.43. The van der Waals surface area contributed by atoms with Gasteiger partial charge in [0.25, 0.3) is 0 Å². The molecule has 0 radical (unpaired) electrons. The summed E-state index contributed by atoms with van der Waals surface area (Å²) in [5.41, 5.74) is 0. The third-order valence-corrected chi connectivity index (χ3v) is 16.0. The van der Waals surface area contributed by atoms with Crippen LogP contribution in [0.4, 0.5) is 17.6 Å². The molecule has 0 spiro atoms. The lowest BCUT2D eigenvalue weighted by molar-refractivity contribution is -0.286. The molecular weight excluding hydrogens is 552 g/mol. The number of ether oxygens (including phenoxy) is 4. The third kappa shape index (κ3) is 7.13. The minimum absolute atomic E-state index is 0.0150. The lowest BCUT2D eigenvalue weighted by Gasteiger charge is -2.36. The Balaban J connectivity index is 0.000000216. The average Bonchev–Trinajstić information content (AvgIpc) is 3.19. The number of hydrogen-bond acceptors (Lipinski definition) is 6. The molecule has 4 rings (SSSR count). The zero-order chi connectivity index (χ0) is 29.8. The summed E-state index contributed by atoms with van der Waals surface area (Å²) in [5.74, 6) is 0.0634. The Bertz CT molecular complexity index is 1220. The highest BCUT2D eigenvalue weighted by molar-refractivity contribution is 6.75. The molecule has 0 amide bonds. The van der Waals surface area contributed by atoms with Crippen LogP contribution in [0.2, 0.25) is 36.3 Å². The average molecular weight is 591 g/mol. The van der Waals surface area contributed by atoms with E-state index in [4.69, 9.17) is 18.3 Å². The van der Waals surface area contributed by atoms with Crippen LogP contribution in [0.5, 0.6) is 34.5 Å². The molecule has 0 aliphatic carbocycles. The molecule has 2 aromatic carbocycles. The van der Waals surface area contributed by atoms with Crippen molar-refractivity contribution in [3.05, 3.63) is 36.1 Å². The zero-order valence-electron chi connectivity index (χ0n) is 24.3. The van der Waals surface area contributed by atoms with Crippen molar-refractivity contribution in [3.63, 3.8) is 0 Å². The fraction of sp³-hybridized carbons (Fsp3) is 0.556. The molecule has 12 heteroatoms. The highest BCUT2D eigenvalue weighted by Crippen LogP contribution is 2.47. The molecule has 2 aliphatic rings. The first kappa shape index (κ1) is 30.9. The number of fused-ring (bicyclic) bond motifs is 2. The molecule has 0 fully saturated rings. The minimum atomic E-state index is -3.59. The maximum Gasteiger partial charge on any atom is 0.586 e. The van der Waals surface area contributed by atoms with Crippen LogP contribution in [0.15, 0.2) is 30.3 Å². The van der Waals surface area contributed by atoms with E-state index in [1.807, 2.05) is 0 Å². The van der Waals surface area contributed by atoms with E-state index < -0.39 is 34.8 Å². The monoisotopic (exact) mass is 590 g/mol. The number of benzene rings is 2. The first-order chi connectivity index (χ1) is 17.4. The number of halogens is 4. The summed E-state index contributed by atoms with van der Waals surface area (Å²) in [5, 5.41) is 0.0156. The fourth-order valence-electron chi connectivity index (χ4n) is 3.07. The van der Waals surface area contributed by atoms with Gasteiger partial charge in [-0.1, -0.05) is 41.5 Å². The SMILES string of the molecule is CC(C)(C)[Si](C)(C)Oc1ccc2c(c1)OC(F)(F)O2.CC1(F)Oc2cc(O[Si](C)(C)C(C)(C)C)cc(F)c2O1. The predicted molar refractivity (Wildman–Crippen MR) is 145 cm³/mol. The molecule has 2 heterocycles. The van der Waals surface area contributed by atoms with Crippen molar-refractivity contribution in [2.75, 3.05) is 0 Å². The number of alkyl halides is 3. The van der Waals surface area contributed by atoms with Gasteiger partial charge in [0.05, 0.1) is 0 Å². The van der Waals surface area contributed by atoms with Gasteiger partial charge in [-0.25, -0.2) is 4.39 Å². The molecule has 1 unspecified atom stereocenters. The quantitative estimate of drug-likeness (QED) is 0.262. The third-order valence-electron chi connectivity index (χ3n) is 7.29. The summed E-state index contributed by atoms with van der Waals surface area (Å²) in [6.07, 6.45) is -3.59. The summed E-state index contributed by atoms with van der Waals surface area (Å²) in [6, 6.07) is 4.88. The molecule has 0 aromatic heterocycles. The van der Waals surface area contributed by atoms with Gasteiger partial charge in [-0.15, -0.1) is 8.78 Å². The van der Waals surface area contributed by atoms with Gasteiger partial charge < -0.3 is 27.8 Å². The van der Waals surface area contributed by atoms with Crippen molar-refractivity contribution in [2.24, 2.45) is 0 Å². The Labute approximate surface area is 229 Å². The molecule has 6 nitrogen and oxygen atoms in total. The Morgan fingerprint density at radius 1 is 0.667 bits per heavy atom. The van der Waals surface area contributed by atoms with Crippen molar-refractivity contribution in [1.82, 2.24) is 0 Å². The summed E-state index contributed by atoms with van der Waals surface area (Å²) >= 11 is 0. The van der Waals surface area contributed by atoms with Crippen molar-refractivity contribution >= 4 is 16.6 Å². The molecule has 2 aromatic rings. The molecule has 39 heavy (non-hydrogen) atoms. The van der Waals surface area contributed by atoms with Gasteiger partial charge in [0.15, 0.2) is 23.1 Å². The molecule has 2 aliphatic heterocycles. The lowest BCUT2D eigenvalue weighted by atomic mass is 10.2. The second kappa shape index (κ2) is 9.79. The van der Waals surface area contributed by atoms with Crippen molar-refractivity contribution in [3.8, 4) is 34.5 Å². The largest absolute Gasteiger partial charge is 0.586 e. The van der Waals surface area contributed by atoms with E-state index in [2.05, 4.69) is 77.2 Å². The Hall–Kier alpha value is -2.61. The molecule has 218 valence electrons. The Morgan fingerprint density at radius 3 is 1.69 bits per heavy atom. The van der Waals surface area contributed by atoms with E-state index in [1.54, 1.807) is 6.07 Å². The van der Waals surface area contributed by atoms with Gasteiger partial charge in [0.2, 0.25) is 22.4 Å². The standard InChI is InChI=1S/C14H20F2O3Si.C13H18F2O3Si/c1-13(2,3)20(5,6)19-9-7-10(15)12-11(8-9)17-14(4,16)18-12;1-12(2,3)19(4,5)18-9-6-7-10-11(8-9)17-13(14,15)16-10/h7-8H,1-6H3;6-8H,1-5H3. The maximum absolute atomic E-state index is 13.9. The van der Waals surface area contributed by atoms with E-state index in [0.717, 1.165) is 6.92 Å². The smallest absolute Gasteiger partial charge is 0.543 e. The normalized spacial score (nSPS) is 19.8. The summed E-state index contributed by atoms with van der Waals surface area (Å²) < 4.78 is 83.8. The highest BCUT2D eigenvalue weighted by atomic mass is 28.4. The van der Waals surface area contributed by atoms with Crippen LogP contribution >= 0.6 is 0 Å². The second-order valence-electron chi connectivity index (χ2n) is 12.8. The first-order valence-electron chi connectivity index (χ1n) is 12.6. The maximum atomic E-state index is 13.9. The van der Waals surface area contributed by atoms with Crippen molar-refractivity contribution < 1.29 is 45.4 Å². The Kier molecular flexibility index (Phi) is 7.76. The van der Waals surface area contributed by atoms with Crippen molar-refractivity contribution in [2.45, 2.75) is 97.1 Å². The van der Waals surface area contributed by atoms with Crippen LogP contribution in [-0.2, 0) is 0 Å². The molecular formula is C27H38F4O6Si2. The fourth-order valence-corrected chi connectivity index (χ4v) is 5.10. The van der Waals surface area contributed by atoms with Gasteiger partial charge >= 0.3 is 12.3 Å². The van der Waals surface area contributed by atoms with Gasteiger partial charge in [-0.05, 0) is 48.4 Å². The van der Waals surface area contributed by atoms with Crippen LogP contribution in [-0.4, -0.2) is 29.0 Å². The number of hydrogen-bond donors (Lipinski definition) is 0. The van der Waals surface area contributed by atoms with Crippen molar-refractivity contribution in [1.29, 1.82) is 0 Å². The van der Waals surface area contributed by atoms with E-state index in [9.17, 15) is 17.6 Å². The Morgan fingerprint density at radius 2 is 1.15 bits per heavy atom. The topological polar surface area (TPSA) is 55.4 Å². The van der Waals surface area contributed by atoms with Gasteiger partial charge in [-0.2, -0.15) is 4.39 Å². The van der Waals surface area contributed by atoms with Crippen LogP contribution in [0, 0.1) is 5.82 Å². The van der Waals surface area contributed by atoms with Crippen LogP contribution in [0.1, 0.15) is 48.5 Å². The zero-order valence-corrected chi connectivity index (χ0v) is 26.3. The first-order valence-corrected chi connectivity index (χ1v) is 18.4. The van der Waals surface area contributed by atoms with Gasteiger partial charge in [0.1, 0.15) is 11.5 Å². The highest BCUT2D eigenvalue weighted by Gasteiger charge is 2.45. The molecule has 1 atom stereocenters. The van der Waals surface area contributed by atoms with Crippen LogP contribution in [0.25, 0.3) is 0 Å². The van der Waals surface area contributed by atoms with Gasteiger partial charge in [-0.3, -0.25) is 0 Å². The van der Waals surface area contributed by atoms with Crippen LogP contribution in [0.3, 0.4) is 0 Å². The van der Waals surface area contributed by atoms with Crippen LogP contribution < -0.4 is 27.8 Å². The van der Waals surface area contributed by atoms with E-state index >= 15 is 0 Å². The molecule has 0 saturated heterocycles. The second-order valence-corrected chi connectivity index (χ2v) is 22.2. The van der Waals surface area contributed by atoms with E-state index in [-0.39, 0.29) is 33.1 Å². The summed E-state index contributed by atoms with van der Waals surface area (Å²) in [6.45, 7) is 22.0. The molecule has 0 N–H and O–H groups in total. The summed E-state index contributed by atoms with van der Waals surface area (Å²) in [7, 11) is -4.09. The van der Waals surface area contributed by atoms with E-state index in [1.165, 1.54) is 24.3 Å². The number of rotatable bonds is 4. The molecule has 0 saturated carbocycles. The molecule has 0 bridgehead atoms. The minimum Gasteiger partial charge on any atom is -0.543 e.